The lowest BCUT2D eigenvalue weighted by atomic mass is 10.1. The summed E-state index contributed by atoms with van der Waals surface area (Å²) < 4.78 is 0. The lowest BCUT2D eigenvalue weighted by molar-refractivity contribution is -0.273. The van der Waals surface area contributed by atoms with Crippen molar-refractivity contribution in [2.75, 3.05) is 0 Å². The van der Waals surface area contributed by atoms with Crippen molar-refractivity contribution in [2.45, 2.75) is 51.4 Å². The topological polar surface area (TPSA) is 60.7 Å². The molecule has 15 heavy (non-hydrogen) atoms. The van der Waals surface area contributed by atoms with E-state index in [2.05, 4.69) is 6.92 Å². The number of hydrogen-bond acceptors (Lipinski definition) is 3. The van der Waals surface area contributed by atoms with Crippen LogP contribution in [-0.4, -0.2) is 21.3 Å². The molecule has 0 bridgehead atoms. The van der Waals surface area contributed by atoms with Gasteiger partial charge in [0.25, 0.3) is 5.97 Å². The van der Waals surface area contributed by atoms with Crippen LogP contribution in [0.4, 0.5) is 0 Å². The number of unbranched alkanes of at least 4 members (excludes halogenated alkanes) is 5. The maximum absolute atomic E-state index is 8.51. The van der Waals surface area contributed by atoms with E-state index in [1.807, 2.05) is 6.08 Å². The van der Waals surface area contributed by atoms with Crippen molar-refractivity contribution in [2.24, 2.45) is 0 Å². The quantitative estimate of drug-likeness (QED) is 0.329. The summed E-state index contributed by atoms with van der Waals surface area (Å²) in [6, 6.07) is 0. The van der Waals surface area contributed by atoms with Gasteiger partial charge in [-0.05, 0) is 12.8 Å². The molecule has 88 valence electrons. The van der Waals surface area contributed by atoms with Crippen molar-refractivity contribution in [1.29, 1.82) is 0 Å². The molecule has 0 aliphatic heterocycles. The minimum atomic E-state index is -2.69. The first kappa shape index (κ1) is 14.4. The molecule has 3 nitrogen and oxygen atoms in total. The van der Waals surface area contributed by atoms with Gasteiger partial charge in [0, 0.05) is 6.08 Å². The standard InChI is InChI=1S/C12H22O3/c1-2-3-4-5-6-7-8-9-10-11-12(13,14)15/h8-11,13-15H,2-7H2,1H3. The Morgan fingerprint density at radius 1 is 0.933 bits per heavy atom. The summed E-state index contributed by atoms with van der Waals surface area (Å²) >= 11 is 0. The van der Waals surface area contributed by atoms with Crippen LogP contribution in [0.3, 0.4) is 0 Å². The van der Waals surface area contributed by atoms with E-state index in [4.69, 9.17) is 15.3 Å². The minimum Gasteiger partial charge on any atom is -0.340 e. The lowest BCUT2D eigenvalue weighted by Gasteiger charge is -2.05. The molecule has 3 N–H and O–H groups in total. The Morgan fingerprint density at radius 3 is 2.20 bits per heavy atom. The fourth-order valence-electron chi connectivity index (χ4n) is 1.23. The second-order valence-electron chi connectivity index (χ2n) is 3.68. The molecule has 0 spiro atoms. The van der Waals surface area contributed by atoms with Gasteiger partial charge in [-0.1, -0.05) is 50.8 Å². The molecule has 0 aromatic heterocycles. The van der Waals surface area contributed by atoms with Gasteiger partial charge in [-0.15, -0.1) is 0 Å². The molecule has 0 aromatic carbocycles. The van der Waals surface area contributed by atoms with Crippen molar-refractivity contribution >= 4 is 0 Å². The summed E-state index contributed by atoms with van der Waals surface area (Å²) in [5.74, 6) is -2.69. The Labute approximate surface area is 91.8 Å². The maximum atomic E-state index is 8.51. The highest BCUT2D eigenvalue weighted by molar-refractivity contribution is 5.04. The van der Waals surface area contributed by atoms with Crippen molar-refractivity contribution < 1.29 is 15.3 Å². The molecule has 0 saturated heterocycles. The van der Waals surface area contributed by atoms with Crippen LogP contribution in [0, 0.1) is 0 Å². The number of rotatable bonds is 8. The van der Waals surface area contributed by atoms with Gasteiger partial charge in [0.1, 0.15) is 0 Å². The Balaban J connectivity index is 3.36. The fourth-order valence-corrected chi connectivity index (χ4v) is 1.23. The van der Waals surface area contributed by atoms with E-state index < -0.39 is 5.97 Å². The van der Waals surface area contributed by atoms with Gasteiger partial charge < -0.3 is 15.3 Å². The Bertz CT molecular complexity index is 190. The monoisotopic (exact) mass is 214 g/mol. The van der Waals surface area contributed by atoms with Crippen molar-refractivity contribution in [1.82, 2.24) is 0 Å². The van der Waals surface area contributed by atoms with Crippen LogP contribution >= 0.6 is 0 Å². The fraction of sp³-hybridized carbons (Fsp3) is 0.667. The molecular formula is C12H22O3. The smallest absolute Gasteiger partial charge is 0.297 e. The molecule has 0 amide bonds. The number of allylic oxidation sites excluding steroid dienone is 3. The molecule has 0 aliphatic carbocycles. The third kappa shape index (κ3) is 13.4. The SMILES string of the molecule is CCCCCCCC=CC=CC(O)(O)O. The average molecular weight is 214 g/mol. The lowest BCUT2D eigenvalue weighted by Crippen LogP contribution is -2.22. The maximum Gasteiger partial charge on any atom is 0.297 e. The predicted octanol–water partition coefficient (Wildman–Crippen LogP) is 2.09. The van der Waals surface area contributed by atoms with E-state index in [9.17, 15) is 0 Å². The highest BCUT2D eigenvalue weighted by Crippen LogP contribution is 2.05. The Morgan fingerprint density at radius 2 is 1.60 bits per heavy atom. The molecule has 0 fully saturated rings. The molecule has 0 unspecified atom stereocenters. The second kappa shape index (κ2) is 8.65. The summed E-state index contributed by atoms with van der Waals surface area (Å²) in [4.78, 5) is 0. The van der Waals surface area contributed by atoms with Crippen molar-refractivity contribution in [3.8, 4) is 0 Å². The van der Waals surface area contributed by atoms with E-state index in [0.29, 0.717) is 0 Å². The van der Waals surface area contributed by atoms with Crippen LogP contribution < -0.4 is 0 Å². The molecule has 0 saturated carbocycles. The van der Waals surface area contributed by atoms with E-state index >= 15 is 0 Å². The minimum absolute atomic E-state index is 0.917. The third-order valence-electron chi connectivity index (χ3n) is 2.04. The van der Waals surface area contributed by atoms with Gasteiger partial charge in [0.2, 0.25) is 0 Å². The van der Waals surface area contributed by atoms with Crippen molar-refractivity contribution in [3.05, 3.63) is 24.3 Å². The van der Waals surface area contributed by atoms with Crippen LogP contribution in [0.2, 0.25) is 0 Å². The van der Waals surface area contributed by atoms with Gasteiger partial charge in [0.15, 0.2) is 0 Å². The van der Waals surface area contributed by atoms with Gasteiger partial charge in [-0.3, -0.25) is 0 Å². The highest BCUT2D eigenvalue weighted by Gasteiger charge is 2.10. The van der Waals surface area contributed by atoms with E-state index in [0.717, 1.165) is 18.9 Å². The predicted molar refractivity (Wildman–Crippen MR) is 61.0 cm³/mol. The van der Waals surface area contributed by atoms with Crippen LogP contribution in [0.15, 0.2) is 24.3 Å². The zero-order valence-electron chi connectivity index (χ0n) is 9.39. The Hall–Kier alpha value is -0.640. The van der Waals surface area contributed by atoms with Gasteiger partial charge in [-0.25, -0.2) is 0 Å². The zero-order chi connectivity index (χ0) is 11.6. The summed E-state index contributed by atoms with van der Waals surface area (Å²) in [7, 11) is 0. The van der Waals surface area contributed by atoms with Crippen LogP contribution in [0.25, 0.3) is 0 Å². The first-order chi connectivity index (χ1) is 7.06. The third-order valence-corrected chi connectivity index (χ3v) is 2.04. The molecule has 0 atom stereocenters. The molecule has 3 heteroatoms. The van der Waals surface area contributed by atoms with Crippen LogP contribution in [-0.2, 0) is 0 Å². The normalized spacial score (nSPS) is 13.1. The molecule has 0 heterocycles. The first-order valence-electron chi connectivity index (χ1n) is 5.57. The summed E-state index contributed by atoms with van der Waals surface area (Å²) in [6.45, 7) is 2.19. The molecule has 0 aromatic rings. The summed E-state index contributed by atoms with van der Waals surface area (Å²) in [6.07, 6.45) is 13.2. The van der Waals surface area contributed by atoms with Crippen molar-refractivity contribution in [3.63, 3.8) is 0 Å². The van der Waals surface area contributed by atoms with Gasteiger partial charge in [-0.2, -0.15) is 0 Å². The van der Waals surface area contributed by atoms with E-state index in [1.165, 1.54) is 31.8 Å². The zero-order valence-corrected chi connectivity index (χ0v) is 9.39. The number of aliphatic hydroxyl groups is 3. The molecule has 0 rings (SSSR count). The largest absolute Gasteiger partial charge is 0.340 e. The molecule has 0 radical (unpaired) electrons. The average Bonchev–Trinajstić information content (AvgIpc) is 2.14. The van der Waals surface area contributed by atoms with Crippen LogP contribution in [0.1, 0.15) is 45.4 Å². The highest BCUT2D eigenvalue weighted by atomic mass is 16.7. The number of hydrogen-bond donors (Lipinski definition) is 3. The summed E-state index contributed by atoms with van der Waals surface area (Å²) in [5.41, 5.74) is 0. The second-order valence-corrected chi connectivity index (χ2v) is 3.68. The molecule has 0 aliphatic rings. The molecular weight excluding hydrogens is 192 g/mol. The van der Waals surface area contributed by atoms with E-state index in [-0.39, 0.29) is 0 Å². The van der Waals surface area contributed by atoms with Crippen LogP contribution in [0.5, 0.6) is 0 Å². The summed E-state index contributed by atoms with van der Waals surface area (Å²) in [5, 5.41) is 25.5. The Kier molecular flexibility index (Phi) is 8.28. The van der Waals surface area contributed by atoms with Gasteiger partial charge in [0.05, 0.1) is 0 Å². The van der Waals surface area contributed by atoms with Gasteiger partial charge >= 0.3 is 0 Å². The van der Waals surface area contributed by atoms with E-state index in [1.54, 1.807) is 6.08 Å². The first-order valence-corrected chi connectivity index (χ1v) is 5.57.